The zero-order valence-electron chi connectivity index (χ0n) is 18.3. The van der Waals surface area contributed by atoms with Crippen molar-refractivity contribution in [2.75, 3.05) is 64.9 Å². The van der Waals surface area contributed by atoms with Crippen LogP contribution in [0.4, 0.5) is 5.82 Å². The molecule has 168 valence electrons. The minimum Gasteiger partial charge on any atom is -0.469 e. The van der Waals surface area contributed by atoms with Gasteiger partial charge >= 0.3 is 5.97 Å². The number of ether oxygens (including phenoxy) is 1. The van der Waals surface area contributed by atoms with Crippen LogP contribution in [-0.2, 0) is 16.1 Å². The van der Waals surface area contributed by atoms with Crippen molar-refractivity contribution >= 4 is 41.7 Å². The summed E-state index contributed by atoms with van der Waals surface area (Å²) in [5, 5.41) is 3.37. The van der Waals surface area contributed by atoms with Crippen LogP contribution in [-0.4, -0.2) is 86.7 Å². The quantitative estimate of drug-likeness (QED) is 0.270. The zero-order chi connectivity index (χ0) is 20.6. The lowest BCUT2D eigenvalue weighted by atomic mass is 9.97. The van der Waals surface area contributed by atoms with Gasteiger partial charge in [-0.1, -0.05) is 6.07 Å². The summed E-state index contributed by atoms with van der Waals surface area (Å²) < 4.78 is 4.88. The van der Waals surface area contributed by atoms with E-state index in [4.69, 9.17) is 9.73 Å². The summed E-state index contributed by atoms with van der Waals surface area (Å²) in [5.74, 6) is 1.85. The summed E-state index contributed by atoms with van der Waals surface area (Å²) in [4.78, 5) is 28.1. The fraction of sp³-hybridized carbons (Fsp3) is 0.667. The molecule has 2 aliphatic heterocycles. The first-order valence-corrected chi connectivity index (χ1v) is 10.6. The average molecular weight is 530 g/mol. The van der Waals surface area contributed by atoms with Crippen LogP contribution in [0.3, 0.4) is 0 Å². The van der Waals surface area contributed by atoms with Gasteiger partial charge in [0.25, 0.3) is 0 Å². The lowest BCUT2D eigenvalue weighted by molar-refractivity contribution is -0.146. The van der Waals surface area contributed by atoms with Gasteiger partial charge in [0.15, 0.2) is 5.96 Å². The number of likely N-dealkylation sites (N-methyl/N-ethyl adjacent to an activating group) is 1. The van der Waals surface area contributed by atoms with Gasteiger partial charge in [-0.15, -0.1) is 24.0 Å². The summed E-state index contributed by atoms with van der Waals surface area (Å²) in [6, 6.07) is 4.22. The number of likely N-dealkylation sites (tertiary alicyclic amines) is 1. The Morgan fingerprint density at radius 1 is 1.20 bits per heavy atom. The van der Waals surface area contributed by atoms with E-state index in [0.29, 0.717) is 6.54 Å². The minimum atomic E-state index is -0.0990. The fourth-order valence-corrected chi connectivity index (χ4v) is 3.82. The number of carbonyl (C=O) groups excluding carboxylic acids is 1. The van der Waals surface area contributed by atoms with Gasteiger partial charge < -0.3 is 24.8 Å². The van der Waals surface area contributed by atoms with Crippen LogP contribution in [0.1, 0.15) is 25.3 Å². The second kappa shape index (κ2) is 12.3. The van der Waals surface area contributed by atoms with Crippen LogP contribution in [0, 0.1) is 5.92 Å². The molecule has 8 nitrogen and oxygen atoms in total. The van der Waals surface area contributed by atoms with Crippen LogP contribution in [0.2, 0.25) is 0 Å². The maximum atomic E-state index is 11.7. The average Bonchev–Trinajstić information content (AvgIpc) is 2.77. The minimum absolute atomic E-state index is 0. The van der Waals surface area contributed by atoms with Crippen molar-refractivity contribution in [1.29, 1.82) is 0 Å². The first kappa shape index (κ1) is 24.6. The van der Waals surface area contributed by atoms with Gasteiger partial charge in [0, 0.05) is 52.0 Å². The molecule has 0 saturated carbocycles. The van der Waals surface area contributed by atoms with E-state index in [-0.39, 0.29) is 35.9 Å². The second-order valence-electron chi connectivity index (χ2n) is 7.77. The predicted molar refractivity (Wildman–Crippen MR) is 130 cm³/mol. The second-order valence-corrected chi connectivity index (χ2v) is 7.77. The summed E-state index contributed by atoms with van der Waals surface area (Å²) in [6.07, 6.45) is 3.54. The Labute approximate surface area is 197 Å². The molecule has 0 aromatic carbocycles. The lowest BCUT2D eigenvalue weighted by Crippen LogP contribution is -2.46. The number of aromatic nitrogens is 1. The molecule has 0 amide bonds. The Morgan fingerprint density at radius 2 is 1.90 bits per heavy atom. The lowest BCUT2D eigenvalue weighted by Gasteiger charge is -2.33. The number of hydrogen-bond acceptors (Lipinski definition) is 6. The van der Waals surface area contributed by atoms with Crippen molar-refractivity contribution in [2.24, 2.45) is 10.9 Å². The molecular formula is C21H35IN6O2. The first-order chi connectivity index (χ1) is 14.1. The normalized spacial score (nSPS) is 18.7. The van der Waals surface area contributed by atoms with E-state index in [1.54, 1.807) is 0 Å². The Kier molecular flexibility index (Phi) is 10.1. The number of methoxy groups -OCH3 is 1. The molecule has 2 aliphatic rings. The molecule has 0 radical (unpaired) electrons. The number of rotatable bonds is 5. The highest BCUT2D eigenvalue weighted by atomic mass is 127. The molecule has 30 heavy (non-hydrogen) atoms. The molecule has 0 aliphatic carbocycles. The molecule has 0 spiro atoms. The smallest absolute Gasteiger partial charge is 0.308 e. The molecule has 0 bridgehead atoms. The van der Waals surface area contributed by atoms with Crippen molar-refractivity contribution in [3.05, 3.63) is 23.9 Å². The fourth-order valence-electron chi connectivity index (χ4n) is 3.82. The maximum Gasteiger partial charge on any atom is 0.308 e. The van der Waals surface area contributed by atoms with E-state index in [2.05, 4.69) is 51.1 Å². The van der Waals surface area contributed by atoms with Gasteiger partial charge in [-0.25, -0.2) is 9.98 Å². The van der Waals surface area contributed by atoms with Gasteiger partial charge in [-0.05, 0) is 38.4 Å². The van der Waals surface area contributed by atoms with Crippen molar-refractivity contribution in [1.82, 2.24) is 20.1 Å². The number of piperidine rings is 1. The van der Waals surface area contributed by atoms with Gasteiger partial charge in [0.1, 0.15) is 5.82 Å². The van der Waals surface area contributed by atoms with E-state index in [1.807, 2.05) is 6.20 Å². The molecule has 3 rings (SSSR count). The number of halogens is 1. The highest BCUT2D eigenvalue weighted by Crippen LogP contribution is 2.19. The number of nitrogens with one attached hydrogen (secondary N) is 1. The summed E-state index contributed by atoms with van der Waals surface area (Å²) >= 11 is 0. The number of nitrogens with zero attached hydrogens (tertiary/aromatic N) is 5. The Morgan fingerprint density at radius 3 is 2.47 bits per heavy atom. The van der Waals surface area contributed by atoms with Crippen LogP contribution in [0.15, 0.2) is 23.3 Å². The van der Waals surface area contributed by atoms with Crippen LogP contribution in [0.25, 0.3) is 0 Å². The molecule has 1 aromatic rings. The molecule has 1 N–H and O–H groups in total. The van der Waals surface area contributed by atoms with Crippen molar-refractivity contribution < 1.29 is 9.53 Å². The topological polar surface area (TPSA) is 73.3 Å². The number of pyridine rings is 1. The third-order valence-corrected chi connectivity index (χ3v) is 5.71. The summed E-state index contributed by atoms with van der Waals surface area (Å²) in [6.45, 7) is 9.30. The number of aliphatic imine (C=N–C) groups is 1. The third kappa shape index (κ3) is 6.69. The predicted octanol–water partition coefficient (Wildman–Crippen LogP) is 1.80. The van der Waals surface area contributed by atoms with E-state index >= 15 is 0 Å². The molecule has 2 fully saturated rings. The highest BCUT2D eigenvalue weighted by molar-refractivity contribution is 14.0. The summed E-state index contributed by atoms with van der Waals surface area (Å²) in [5.41, 5.74) is 1.10. The van der Waals surface area contributed by atoms with E-state index in [9.17, 15) is 4.79 Å². The van der Waals surface area contributed by atoms with Gasteiger partial charge in [0.05, 0.1) is 19.6 Å². The van der Waals surface area contributed by atoms with Gasteiger partial charge in [-0.3, -0.25) is 4.79 Å². The highest BCUT2D eigenvalue weighted by Gasteiger charge is 2.27. The first-order valence-electron chi connectivity index (χ1n) is 10.6. The van der Waals surface area contributed by atoms with E-state index in [1.165, 1.54) is 7.11 Å². The molecule has 3 heterocycles. The molecule has 0 atom stereocenters. The Hall–Kier alpha value is -1.62. The van der Waals surface area contributed by atoms with Crippen molar-refractivity contribution in [2.45, 2.75) is 26.3 Å². The molecule has 0 unspecified atom stereocenters. The molecular weight excluding hydrogens is 495 g/mol. The van der Waals surface area contributed by atoms with Crippen LogP contribution in [0.5, 0.6) is 0 Å². The monoisotopic (exact) mass is 530 g/mol. The number of hydrogen-bond donors (Lipinski definition) is 1. The van der Waals surface area contributed by atoms with Crippen LogP contribution >= 0.6 is 24.0 Å². The van der Waals surface area contributed by atoms with Crippen molar-refractivity contribution in [3.63, 3.8) is 0 Å². The number of piperazine rings is 1. The molecule has 1 aromatic heterocycles. The van der Waals surface area contributed by atoms with Gasteiger partial charge in [0.2, 0.25) is 0 Å². The number of carbonyl (C=O) groups is 1. The number of anilines is 1. The van der Waals surface area contributed by atoms with Gasteiger partial charge in [-0.2, -0.15) is 0 Å². The Bertz CT molecular complexity index is 683. The zero-order valence-corrected chi connectivity index (χ0v) is 20.7. The Balaban J connectivity index is 0.00000320. The standard InChI is InChI=1S/C21H34N6O2.HI/c1-4-22-21(27-9-7-18(8-10-27)20(28)29-3)24-16-17-5-6-19(23-15-17)26-13-11-25(2)12-14-26;/h5-6,15,18H,4,7-14,16H2,1-3H3,(H,22,24);1H. The van der Waals surface area contributed by atoms with E-state index < -0.39 is 0 Å². The molecule has 9 heteroatoms. The van der Waals surface area contributed by atoms with Crippen LogP contribution < -0.4 is 10.2 Å². The largest absolute Gasteiger partial charge is 0.469 e. The SMILES string of the molecule is CCNC(=NCc1ccc(N2CCN(C)CC2)nc1)N1CCC(C(=O)OC)CC1.I. The maximum absolute atomic E-state index is 11.7. The summed E-state index contributed by atoms with van der Waals surface area (Å²) in [7, 11) is 3.62. The molecule has 2 saturated heterocycles. The third-order valence-electron chi connectivity index (χ3n) is 5.71. The number of esters is 1. The van der Waals surface area contributed by atoms with E-state index in [0.717, 1.165) is 76.0 Å². The number of guanidine groups is 1. The van der Waals surface area contributed by atoms with Crippen molar-refractivity contribution in [3.8, 4) is 0 Å².